The van der Waals surface area contributed by atoms with Crippen molar-refractivity contribution in [1.29, 1.82) is 0 Å². The van der Waals surface area contributed by atoms with E-state index in [2.05, 4.69) is 19.2 Å². The van der Waals surface area contributed by atoms with E-state index in [1.807, 2.05) is 24.3 Å². The number of halogens is 1. The lowest BCUT2D eigenvalue weighted by Gasteiger charge is -2.14. The molecule has 0 aliphatic heterocycles. The van der Waals surface area contributed by atoms with Gasteiger partial charge in [0.2, 0.25) is 10.0 Å². The molecule has 0 saturated heterocycles. The number of primary sulfonamides is 1. The average Bonchev–Trinajstić information content (AvgIpc) is 2.94. The monoisotopic (exact) mass is 401 g/mol. The van der Waals surface area contributed by atoms with Crippen molar-refractivity contribution in [3.63, 3.8) is 0 Å². The van der Waals surface area contributed by atoms with E-state index in [1.165, 1.54) is 12.5 Å². The molecule has 0 radical (unpaired) electrons. The standard InChI is InChI=1S/C17H23N3O4S.ClH/c1-10(2)12-4-6-13(7-5-12)14(18)9-20-17(21)15-8-16(11(3)24-15)25(19,22)23;/h4-8,10,14H,9,18H2,1-3H3,(H,20,21)(H2,19,22,23);1H. The lowest BCUT2D eigenvalue weighted by atomic mass is 9.99. The van der Waals surface area contributed by atoms with Crippen LogP contribution < -0.4 is 16.2 Å². The molecule has 1 aromatic carbocycles. The number of carbonyl (C=O) groups is 1. The minimum Gasteiger partial charge on any atom is -0.455 e. The van der Waals surface area contributed by atoms with Gasteiger partial charge < -0.3 is 15.5 Å². The van der Waals surface area contributed by atoms with Crippen LogP contribution in [0.1, 0.15) is 53.2 Å². The summed E-state index contributed by atoms with van der Waals surface area (Å²) in [5.41, 5.74) is 8.19. The van der Waals surface area contributed by atoms with E-state index >= 15 is 0 Å². The normalized spacial score (nSPS) is 12.5. The lowest BCUT2D eigenvalue weighted by molar-refractivity contribution is 0.0922. The quantitative estimate of drug-likeness (QED) is 0.683. The predicted molar refractivity (Wildman–Crippen MR) is 102 cm³/mol. The van der Waals surface area contributed by atoms with Gasteiger partial charge in [-0.1, -0.05) is 38.1 Å². The summed E-state index contributed by atoms with van der Waals surface area (Å²) < 4.78 is 27.9. The molecule has 0 aliphatic carbocycles. The van der Waals surface area contributed by atoms with Gasteiger partial charge in [0, 0.05) is 18.7 Å². The average molecular weight is 402 g/mol. The van der Waals surface area contributed by atoms with Crippen molar-refractivity contribution in [2.75, 3.05) is 6.54 Å². The maximum atomic E-state index is 12.1. The molecule has 1 amide bonds. The molecule has 0 fully saturated rings. The van der Waals surface area contributed by atoms with Crippen LogP contribution in [0.25, 0.3) is 0 Å². The second-order valence-electron chi connectivity index (χ2n) is 6.21. The van der Waals surface area contributed by atoms with Crippen LogP contribution in [0, 0.1) is 6.92 Å². The van der Waals surface area contributed by atoms with Crippen molar-refractivity contribution in [2.45, 2.75) is 37.6 Å². The Labute approximate surface area is 159 Å². The van der Waals surface area contributed by atoms with Crippen LogP contribution >= 0.6 is 12.4 Å². The van der Waals surface area contributed by atoms with Crippen molar-refractivity contribution in [1.82, 2.24) is 5.32 Å². The van der Waals surface area contributed by atoms with Gasteiger partial charge in [0.25, 0.3) is 5.91 Å². The number of sulfonamides is 1. The fraction of sp³-hybridized carbons (Fsp3) is 0.353. The van der Waals surface area contributed by atoms with E-state index in [1.54, 1.807) is 0 Å². The van der Waals surface area contributed by atoms with Crippen LogP contribution in [-0.2, 0) is 10.0 Å². The van der Waals surface area contributed by atoms with Gasteiger partial charge in [-0.25, -0.2) is 13.6 Å². The van der Waals surface area contributed by atoms with E-state index in [4.69, 9.17) is 15.3 Å². The second-order valence-corrected chi connectivity index (χ2v) is 7.74. The Hall–Kier alpha value is -1.87. The number of rotatable bonds is 6. The highest BCUT2D eigenvalue weighted by molar-refractivity contribution is 7.89. The number of benzene rings is 1. The van der Waals surface area contributed by atoms with E-state index in [-0.39, 0.29) is 41.4 Å². The Morgan fingerprint density at radius 2 is 1.73 bits per heavy atom. The minimum atomic E-state index is -3.93. The summed E-state index contributed by atoms with van der Waals surface area (Å²) in [6.07, 6.45) is 0. The van der Waals surface area contributed by atoms with E-state index in [9.17, 15) is 13.2 Å². The summed E-state index contributed by atoms with van der Waals surface area (Å²) in [4.78, 5) is 11.9. The molecule has 7 nitrogen and oxygen atoms in total. The maximum Gasteiger partial charge on any atom is 0.287 e. The smallest absolute Gasteiger partial charge is 0.287 e. The van der Waals surface area contributed by atoms with Crippen LogP contribution in [0.3, 0.4) is 0 Å². The predicted octanol–water partition coefficient (Wildman–Crippen LogP) is 2.21. The van der Waals surface area contributed by atoms with Gasteiger partial charge in [-0.05, 0) is 24.0 Å². The molecule has 0 bridgehead atoms. The highest BCUT2D eigenvalue weighted by atomic mass is 35.5. The molecule has 1 unspecified atom stereocenters. The fourth-order valence-corrected chi connectivity index (χ4v) is 3.11. The molecule has 2 rings (SSSR count). The second kappa shape index (κ2) is 8.68. The molecule has 1 atom stereocenters. The Balaban J connectivity index is 0.00000338. The van der Waals surface area contributed by atoms with Gasteiger partial charge >= 0.3 is 0 Å². The molecule has 1 heterocycles. The van der Waals surface area contributed by atoms with Crippen LogP contribution in [0.4, 0.5) is 0 Å². The van der Waals surface area contributed by atoms with Gasteiger partial charge in [-0.15, -0.1) is 12.4 Å². The molecule has 2 aromatic rings. The van der Waals surface area contributed by atoms with Crippen molar-refractivity contribution >= 4 is 28.3 Å². The van der Waals surface area contributed by atoms with E-state index in [0.29, 0.717) is 5.92 Å². The van der Waals surface area contributed by atoms with Crippen molar-refractivity contribution in [3.05, 3.63) is 53.0 Å². The third-order valence-electron chi connectivity index (χ3n) is 3.92. The summed E-state index contributed by atoms with van der Waals surface area (Å²) in [7, 11) is -3.93. The first-order chi connectivity index (χ1) is 11.6. The maximum absolute atomic E-state index is 12.1. The van der Waals surface area contributed by atoms with Crippen LogP contribution in [0.5, 0.6) is 0 Å². The molecule has 144 valence electrons. The van der Waals surface area contributed by atoms with Gasteiger partial charge in [0.15, 0.2) is 5.76 Å². The lowest BCUT2D eigenvalue weighted by Crippen LogP contribution is -2.31. The first kappa shape index (κ1) is 22.2. The highest BCUT2D eigenvalue weighted by Gasteiger charge is 2.21. The topological polar surface area (TPSA) is 128 Å². The molecule has 9 heteroatoms. The molecular weight excluding hydrogens is 378 g/mol. The first-order valence-corrected chi connectivity index (χ1v) is 9.41. The van der Waals surface area contributed by atoms with Crippen molar-refractivity contribution in [2.24, 2.45) is 10.9 Å². The molecule has 0 spiro atoms. The Kier molecular flexibility index (Phi) is 7.40. The number of nitrogens with one attached hydrogen (secondary N) is 1. The summed E-state index contributed by atoms with van der Waals surface area (Å²) in [5.74, 6) is -0.169. The summed E-state index contributed by atoms with van der Waals surface area (Å²) in [6, 6.07) is 8.61. The molecule has 1 aromatic heterocycles. The van der Waals surface area contributed by atoms with Gasteiger partial charge in [0.1, 0.15) is 10.7 Å². The van der Waals surface area contributed by atoms with Crippen molar-refractivity contribution < 1.29 is 17.6 Å². The highest BCUT2D eigenvalue weighted by Crippen LogP contribution is 2.19. The van der Waals surface area contributed by atoms with E-state index in [0.717, 1.165) is 11.6 Å². The zero-order chi connectivity index (χ0) is 18.8. The Bertz CT molecular complexity index is 861. The van der Waals surface area contributed by atoms with Gasteiger partial charge in [-0.2, -0.15) is 0 Å². The fourth-order valence-electron chi connectivity index (χ4n) is 2.40. The number of aryl methyl sites for hydroxylation is 1. The van der Waals surface area contributed by atoms with Crippen LogP contribution in [-0.4, -0.2) is 20.9 Å². The third kappa shape index (κ3) is 5.31. The van der Waals surface area contributed by atoms with E-state index < -0.39 is 15.9 Å². The molecule has 0 aliphatic rings. The van der Waals surface area contributed by atoms with Gasteiger partial charge in [0.05, 0.1) is 0 Å². The SMILES string of the molecule is Cc1oc(C(=O)NCC(N)c2ccc(C(C)C)cc2)cc1S(N)(=O)=O.Cl. The largest absolute Gasteiger partial charge is 0.455 e. The number of hydrogen-bond donors (Lipinski definition) is 3. The summed E-state index contributed by atoms with van der Waals surface area (Å²) >= 11 is 0. The zero-order valence-electron chi connectivity index (χ0n) is 14.9. The molecule has 26 heavy (non-hydrogen) atoms. The number of hydrogen-bond acceptors (Lipinski definition) is 5. The molecule has 5 N–H and O–H groups in total. The van der Waals surface area contributed by atoms with Crippen LogP contribution in [0.15, 0.2) is 39.6 Å². The number of nitrogens with two attached hydrogens (primary N) is 2. The molecular formula is C17H24ClN3O4S. The van der Waals surface area contributed by atoms with Crippen molar-refractivity contribution in [3.8, 4) is 0 Å². The molecule has 0 saturated carbocycles. The Morgan fingerprint density at radius 3 is 2.19 bits per heavy atom. The first-order valence-electron chi connectivity index (χ1n) is 7.86. The number of amides is 1. The zero-order valence-corrected chi connectivity index (χ0v) is 16.5. The number of furan rings is 1. The van der Waals surface area contributed by atoms with Gasteiger partial charge in [-0.3, -0.25) is 4.79 Å². The van der Waals surface area contributed by atoms with Crippen LogP contribution in [0.2, 0.25) is 0 Å². The minimum absolute atomic E-state index is 0. The third-order valence-corrected chi connectivity index (χ3v) is 4.93. The number of carbonyl (C=O) groups excluding carboxylic acids is 1. The Morgan fingerprint density at radius 1 is 1.19 bits per heavy atom. The summed E-state index contributed by atoms with van der Waals surface area (Å²) in [5, 5.41) is 7.70. The summed E-state index contributed by atoms with van der Waals surface area (Å²) in [6.45, 7) is 5.83.